The van der Waals surface area contributed by atoms with Gasteiger partial charge in [0.15, 0.2) is 0 Å². The van der Waals surface area contributed by atoms with Crippen LogP contribution in [0.15, 0.2) is 30.3 Å². The van der Waals surface area contributed by atoms with Gasteiger partial charge in [-0.05, 0) is 56.9 Å². The first kappa shape index (κ1) is 16.7. The molecule has 1 saturated heterocycles. The molecule has 0 amide bonds. The molecule has 0 spiro atoms. The molecule has 1 fully saturated rings. The molecule has 0 saturated carbocycles. The van der Waals surface area contributed by atoms with Crippen molar-refractivity contribution in [3.8, 4) is 0 Å². The first-order valence-electron chi connectivity index (χ1n) is 8.35. The maximum absolute atomic E-state index is 6.22. The Hall–Kier alpha value is -0.683. The van der Waals surface area contributed by atoms with Crippen molar-refractivity contribution in [1.29, 1.82) is 0 Å². The molecular formula is C17H29NO2Si. The number of nitrogens with one attached hydrogen (secondary N) is 1. The van der Waals surface area contributed by atoms with Crippen LogP contribution < -0.4 is 10.5 Å². The summed E-state index contributed by atoms with van der Waals surface area (Å²) < 4.78 is 12.4. The highest BCUT2D eigenvalue weighted by Crippen LogP contribution is 2.22. The standard InChI is InChI=1S/C17H29NO2Si/c1-3-19-21(20-4-2,17-10-6-5-7-11-17)14-8-9-16-12-13-18-15-16/h5-7,10-11,16,18H,3-4,8-9,12-15H2,1-2H3. The second-order valence-electron chi connectivity index (χ2n) is 5.74. The van der Waals surface area contributed by atoms with E-state index in [1.165, 1.54) is 37.5 Å². The highest BCUT2D eigenvalue weighted by molar-refractivity contribution is 6.81. The van der Waals surface area contributed by atoms with E-state index in [0.29, 0.717) is 0 Å². The van der Waals surface area contributed by atoms with Crippen LogP contribution in [0.5, 0.6) is 0 Å². The van der Waals surface area contributed by atoms with Crippen LogP contribution in [0.2, 0.25) is 6.04 Å². The maximum Gasteiger partial charge on any atom is 0.372 e. The molecule has 3 nitrogen and oxygen atoms in total. The Morgan fingerprint density at radius 2 is 1.86 bits per heavy atom. The van der Waals surface area contributed by atoms with Crippen molar-refractivity contribution < 1.29 is 8.85 Å². The summed E-state index contributed by atoms with van der Waals surface area (Å²) in [4.78, 5) is 0. The first-order valence-corrected chi connectivity index (χ1v) is 10.4. The van der Waals surface area contributed by atoms with E-state index < -0.39 is 8.56 Å². The van der Waals surface area contributed by atoms with Crippen molar-refractivity contribution in [2.45, 2.75) is 39.2 Å². The lowest BCUT2D eigenvalue weighted by molar-refractivity contribution is 0.194. The second kappa shape index (κ2) is 8.69. The summed E-state index contributed by atoms with van der Waals surface area (Å²) in [6.07, 6.45) is 3.81. The number of rotatable bonds is 9. The molecule has 2 rings (SSSR count). The molecule has 1 heterocycles. The van der Waals surface area contributed by atoms with Gasteiger partial charge in [0.1, 0.15) is 0 Å². The predicted octanol–water partition coefficient (Wildman–Crippen LogP) is 2.80. The molecule has 1 aromatic rings. The van der Waals surface area contributed by atoms with E-state index in [4.69, 9.17) is 8.85 Å². The van der Waals surface area contributed by atoms with E-state index in [9.17, 15) is 0 Å². The number of benzene rings is 1. The van der Waals surface area contributed by atoms with Crippen LogP contribution in [0.1, 0.15) is 33.1 Å². The lowest BCUT2D eigenvalue weighted by atomic mass is 10.0. The Kier molecular flexibility index (Phi) is 6.90. The summed E-state index contributed by atoms with van der Waals surface area (Å²) in [5.41, 5.74) is 0. The second-order valence-corrected chi connectivity index (χ2v) is 8.90. The van der Waals surface area contributed by atoms with Gasteiger partial charge in [-0.25, -0.2) is 0 Å². The third-order valence-corrected chi connectivity index (χ3v) is 7.98. The molecule has 1 aromatic carbocycles. The van der Waals surface area contributed by atoms with Gasteiger partial charge in [-0.2, -0.15) is 0 Å². The van der Waals surface area contributed by atoms with Gasteiger partial charge in [0.25, 0.3) is 0 Å². The average molecular weight is 308 g/mol. The number of hydrogen-bond acceptors (Lipinski definition) is 3. The fourth-order valence-electron chi connectivity index (χ4n) is 3.24. The molecule has 0 radical (unpaired) electrons. The lowest BCUT2D eigenvalue weighted by Crippen LogP contribution is -2.53. The van der Waals surface area contributed by atoms with Crippen LogP contribution in [0, 0.1) is 5.92 Å². The highest BCUT2D eigenvalue weighted by Gasteiger charge is 2.39. The minimum atomic E-state index is -2.26. The molecular weight excluding hydrogens is 278 g/mol. The Labute approximate surface area is 130 Å². The monoisotopic (exact) mass is 307 g/mol. The van der Waals surface area contributed by atoms with E-state index in [-0.39, 0.29) is 0 Å². The largest absolute Gasteiger partial charge is 0.391 e. The van der Waals surface area contributed by atoms with Crippen molar-refractivity contribution in [3.05, 3.63) is 30.3 Å². The SMILES string of the molecule is CCO[Si](CCCC1CCNC1)(OCC)c1ccccc1. The van der Waals surface area contributed by atoms with E-state index in [0.717, 1.165) is 25.2 Å². The quantitative estimate of drug-likeness (QED) is 0.712. The topological polar surface area (TPSA) is 30.5 Å². The van der Waals surface area contributed by atoms with E-state index in [2.05, 4.69) is 49.5 Å². The van der Waals surface area contributed by atoms with Crippen molar-refractivity contribution in [1.82, 2.24) is 5.32 Å². The van der Waals surface area contributed by atoms with E-state index in [1.807, 2.05) is 0 Å². The van der Waals surface area contributed by atoms with Gasteiger partial charge < -0.3 is 14.2 Å². The molecule has 4 heteroatoms. The van der Waals surface area contributed by atoms with Crippen LogP contribution in [0.3, 0.4) is 0 Å². The van der Waals surface area contributed by atoms with Gasteiger partial charge >= 0.3 is 8.56 Å². The Morgan fingerprint density at radius 3 is 2.43 bits per heavy atom. The van der Waals surface area contributed by atoms with Gasteiger partial charge in [-0.15, -0.1) is 0 Å². The summed E-state index contributed by atoms with van der Waals surface area (Å²) in [7, 11) is -2.26. The van der Waals surface area contributed by atoms with Gasteiger partial charge in [0, 0.05) is 13.2 Å². The van der Waals surface area contributed by atoms with Crippen LogP contribution in [-0.2, 0) is 8.85 Å². The molecule has 0 aliphatic carbocycles. The van der Waals surface area contributed by atoms with Gasteiger partial charge in [0.2, 0.25) is 0 Å². The zero-order chi connectivity index (χ0) is 15.0. The molecule has 1 atom stereocenters. The van der Waals surface area contributed by atoms with Crippen LogP contribution >= 0.6 is 0 Å². The molecule has 1 aliphatic rings. The molecule has 118 valence electrons. The van der Waals surface area contributed by atoms with Crippen molar-refractivity contribution in [2.24, 2.45) is 5.92 Å². The zero-order valence-corrected chi connectivity index (χ0v) is 14.4. The lowest BCUT2D eigenvalue weighted by Gasteiger charge is -2.30. The molecule has 1 aliphatic heterocycles. The Balaban J connectivity index is 2.02. The average Bonchev–Trinajstić information content (AvgIpc) is 3.02. The van der Waals surface area contributed by atoms with Crippen molar-refractivity contribution >= 4 is 13.7 Å². The third-order valence-electron chi connectivity index (χ3n) is 4.25. The normalized spacial score (nSPS) is 19.0. The summed E-state index contributed by atoms with van der Waals surface area (Å²) in [5.74, 6) is 0.843. The zero-order valence-electron chi connectivity index (χ0n) is 13.4. The molecule has 1 unspecified atom stereocenters. The van der Waals surface area contributed by atoms with Crippen LogP contribution in [-0.4, -0.2) is 34.9 Å². The van der Waals surface area contributed by atoms with Gasteiger partial charge in [-0.3, -0.25) is 0 Å². The predicted molar refractivity (Wildman–Crippen MR) is 90.1 cm³/mol. The summed E-state index contributed by atoms with van der Waals surface area (Å²) in [6, 6.07) is 11.7. The molecule has 21 heavy (non-hydrogen) atoms. The van der Waals surface area contributed by atoms with Crippen LogP contribution in [0.4, 0.5) is 0 Å². The smallest absolute Gasteiger partial charge is 0.372 e. The first-order chi connectivity index (χ1) is 10.3. The molecule has 0 bridgehead atoms. The minimum Gasteiger partial charge on any atom is -0.391 e. The Morgan fingerprint density at radius 1 is 1.14 bits per heavy atom. The third kappa shape index (κ3) is 4.64. The van der Waals surface area contributed by atoms with Crippen LogP contribution in [0.25, 0.3) is 0 Å². The van der Waals surface area contributed by atoms with Crippen molar-refractivity contribution in [3.63, 3.8) is 0 Å². The summed E-state index contributed by atoms with van der Waals surface area (Å²) >= 11 is 0. The minimum absolute atomic E-state index is 0.728. The number of hydrogen-bond donors (Lipinski definition) is 1. The summed E-state index contributed by atoms with van der Waals surface area (Å²) in [6.45, 7) is 7.97. The van der Waals surface area contributed by atoms with E-state index in [1.54, 1.807) is 0 Å². The maximum atomic E-state index is 6.22. The van der Waals surface area contributed by atoms with Gasteiger partial charge in [0.05, 0.1) is 0 Å². The summed E-state index contributed by atoms with van der Waals surface area (Å²) in [5, 5.41) is 4.73. The molecule has 0 aromatic heterocycles. The van der Waals surface area contributed by atoms with E-state index >= 15 is 0 Å². The molecule has 1 N–H and O–H groups in total. The van der Waals surface area contributed by atoms with Gasteiger partial charge in [-0.1, -0.05) is 36.8 Å². The van der Waals surface area contributed by atoms with Crippen molar-refractivity contribution in [2.75, 3.05) is 26.3 Å². The highest BCUT2D eigenvalue weighted by atomic mass is 28.4. The fourth-order valence-corrected chi connectivity index (χ4v) is 6.54. The fraction of sp³-hybridized carbons (Fsp3) is 0.647. The Bertz CT molecular complexity index is 387.